The summed E-state index contributed by atoms with van der Waals surface area (Å²) in [6.07, 6.45) is 10.3. The maximum atomic E-state index is 5.21. The van der Waals surface area contributed by atoms with Crippen LogP contribution in [0.1, 0.15) is 89.6 Å². The Balaban J connectivity index is 1.42. The second kappa shape index (κ2) is 11.9. The van der Waals surface area contributed by atoms with Gasteiger partial charge in [-0.3, -0.25) is 0 Å². The third kappa shape index (κ3) is 6.37. The van der Waals surface area contributed by atoms with E-state index in [0.717, 1.165) is 67.5 Å². The Morgan fingerprint density at radius 1 is 0.947 bits per heavy atom. The van der Waals surface area contributed by atoms with Gasteiger partial charge in [0.25, 0.3) is 0 Å². The molecule has 2 N–H and O–H groups in total. The van der Waals surface area contributed by atoms with Crippen molar-refractivity contribution in [3.05, 3.63) is 65.5 Å². The average Bonchev–Trinajstić information content (AvgIpc) is 3.54. The van der Waals surface area contributed by atoms with Crippen LogP contribution in [0.4, 0.5) is 5.82 Å². The molecule has 1 aliphatic carbocycles. The highest BCUT2D eigenvalue weighted by atomic mass is 15.1. The van der Waals surface area contributed by atoms with Gasteiger partial charge in [-0.15, -0.1) is 0 Å². The number of aromatic nitrogens is 3. The van der Waals surface area contributed by atoms with Crippen molar-refractivity contribution < 1.29 is 0 Å². The van der Waals surface area contributed by atoms with Crippen LogP contribution in [0.5, 0.6) is 0 Å². The van der Waals surface area contributed by atoms with Crippen LogP contribution in [-0.4, -0.2) is 26.6 Å². The average molecular weight is 512 g/mol. The van der Waals surface area contributed by atoms with Gasteiger partial charge in [-0.05, 0) is 63.3 Å². The van der Waals surface area contributed by atoms with E-state index in [1.807, 2.05) is 0 Å². The second-order valence-electron chi connectivity index (χ2n) is 12.2. The molecule has 0 amide bonds. The zero-order valence-electron chi connectivity index (χ0n) is 23.8. The fourth-order valence-electron chi connectivity index (χ4n) is 5.80. The first kappa shape index (κ1) is 26.7. The van der Waals surface area contributed by atoms with E-state index in [1.54, 1.807) is 0 Å². The Hall–Kier alpha value is -2.92. The van der Waals surface area contributed by atoms with Gasteiger partial charge in [0.2, 0.25) is 0 Å². The van der Waals surface area contributed by atoms with E-state index >= 15 is 0 Å². The van der Waals surface area contributed by atoms with Gasteiger partial charge in [0.1, 0.15) is 11.3 Å². The van der Waals surface area contributed by atoms with Gasteiger partial charge in [0, 0.05) is 30.4 Å². The first-order chi connectivity index (χ1) is 18.4. The molecule has 0 aliphatic heterocycles. The van der Waals surface area contributed by atoms with Crippen molar-refractivity contribution in [2.45, 2.75) is 97.7 Å². The van der Waals surface area contributed by atoms with Crippen molar-refractivity contribution in [2.75, 3.05) is 11.9 Å². The molecule has 0 saturated heterocycles. The molecule has 2 aromatic carbocycles. The highest BCUT2D eigenvalue weighted by Gasteiger charge is 2.21. The molecule has 1 saturated carbocycles. The number of hydrogen-bond acceptors (Lipinski definition) is 4. The summed E-state index contributed by atoms with van der Waals surface area (Å²) in [5, 5.41) is 8.47. The zero-order valence-corrected chi connectivity index (χ0v) is 23.8. The van der Waals surface area contributed by atoms with Crippen molar-refractivity contribution in [1.82, 2.24) is 19.9 Å². The Morgan fingerprint density at radius 3 is 2.42 bits per heavy atom. The molecular weight excluding hydrogens is 466 g/mol. The third-order valence-corrected chi connectivity index (χ3v) is 7.81. The molecule has 2 aromatic heterocycles. The van der Waals surface area contributed by atoms with Gasteiger partial charge in [-0.2, -0.15) is 0 Å². The number of imidazole rings is 1. The molecule has 5 nitrogen and oxygen atoms in total. The highest BCUT2D eigenvalue weighted by molar-refractivity contribution is 6.07. The number of aryl methyl sites for hydroxylation is 1. The van der Waals surface area contributed by atoms with E-state index in [-0.39, 0.29) is 5.54 Å². The van der Waals surface area contributed by atoms with Gasteiger partial charge >= 0.3 is 0 Å². The van der Waals surface area contributed by atoms with E-state index in [0.29, 0.717) is 0 Å². The zero-order chi connectivity index (χ0) is 26.5. The number of pyridine rings is 1. The smallest absolute Gasteiger partial charge is 0.155 e. The largest absolute Gasteiger partial charge is 0.364 e. The molecular formula is C33H45N5. The van der Waals surface area contributed by atoms with Gasteiger partial charge in [-0.25, -0.2) is 9.97 Å². The lowest BCUT2D eigenvalue weighted by Crippen LogP contribution is -2.26. The molecule has 202 valence electrons. The monoisotopic (exact) mass is 511 g/mol. The van der Waals surface area contributed by atoms with Crippen LogP contribution >= 0.6 is 0 Å². The fraction of sp³-hybridized carbons (Fsp3) is 0.515. The predicted molar refractivity (Wildman–Crippen MR) is 161 cm³/mol. The molecule has 0 spiro atoms. The van der Waals surface area contributed by atoms with Crippen molar-refractivity contribution in [3.63, 3.8) is 0 Å². The van der Waals surface area contributed by atoms with Crippen LogP contribution in [0, 0.1) is 5.92 Å². The van der Waals surface area contributed by atoms with Crippen LogP contribution in [0.3, 0.4) is 0 Å². The number of para-hydroxylation sites is 1. The summed E-state index contributed by atoms with van der Waals surface area (Å²) in [5.74, 6) is 2.97. The normalized spacial score (nSPS) is 14.6. The summed E-state index contributed by atoms with van der Waals surface area (Å²) >= 11 is 0. The lowest BCUT2D eigenvalue weighted by atomic mass is 10.0. The quantitative estimate of drug-likeness (QED) is 0.201. The van der Waals surface area contributed by atoms with E-state index in [4.69, 9.17) is 9.97 Å². The summed E-state index contributed by atoms with van der Waals surface area (Å²) < 4.78 is 2.44. The minimum atomic E-state index is -0.100. The standard InChI is InChI=1S/C33H45N5/c1-5-6-15-29-36-30-31(27-13-9-10-14-28(27)35-32(30)37-33(2,3)4)38(29)23-26-18-16-25(17-19-26)22-34-21-20-24-11-7-8-12-24/h9-10,13-14,16-19,24,34H,5-8,11-12,15,20-23H2,1-4H3,(H,35,37). The molecule has 0 atom stereocenters. The highest BCUT2D eigenvalue weighted by Crippen LogP contribution is 2.32. The van der Waals surface area contributed by atoms with Gasteiger partial charge in [0.15, 0.2) is 5.82 Å². The van der Waals surface area contributed by atoms with Crippen LogP contribution in [0.2, 0.25) is 0 Å². The van der Waals surface area contributed by atoms with Crippen molar-refractivity contribution in [3.8, 4) is 0 Å². The van der Waals surface area contributed by atoms with Gasteiger partial charge < -0.3 is 15.2 Å². The Bertz CT molecular complexity index is 1340. The van der Waals surface area contributed by atoms with Crippen LogP contribution < -0.4 is 10.6 Å². The first-order valence-electron chi connectivity index (χ1n) is 14.8. The van der Waals surface area contributed by atoms with E-state index in [2.05, 4.69) is 91.4 Å². The minimum absolute atomic E-state index is 0.100. The van der Waals surface area contributed by atoms with Crippen molar-refractivity contribution in [2.24, 2.45) is 5.92 Å². The number of benzene rings is 2. The number of nitrogens with one attached hydrogen (secondary N) is 2. The van der Waals surface area contributed by atoms with Crippen LogP contribution in [0.25, 0.3) is 21.9 Å². The molecule has 0 radical (unpaired) electrons. The molecule has 1 aliphatic rings. The maximum absolute atomic E-state index is 5.21. The summed E-state index contributed by atoms with van der Waals surface area (Å²) in [7, 11) is 0. The summed E-state index contributed by atoms with van der Waals surface area (Å²) in [6.45, 7) is 11.7. The Morgan fingerprint density at radius 2 is 1.68 bits per heavy atom. The van der Waals surface area contributed by atoms with E-state index < -0.39 is 0 Å². The Labute approximate surface area is 228 Å². The fourth-order valence-corrected chi connectivity index (χ4v) is 5.80. The molecule has 1 fully saturated rings. The molecule has 38 heavy (non-hydrogen) atoms. The summed E-state index contributed by atoms with van der Waals surface area (Å²) in [4.78, 5) is 10.2. The molecule has 5 heteroatoms. The molecule has 0 unspecified atom stereocenters. The lowest BCUT2D eigenvalue weighted by molar-refractivity contribution is 0.477. The minimum Gasteiger partial charge on any atom is -0.364 e. The maximum Gasteiger partial charge on any atom is 0.155 e. The van der Waals surface area contributed by atoms with E-state index in [9.17, 15) is 0 Å². The number of anilines is 1. The number of nitrogens with zero attached hydrogens (tertiary/aromatic N) is 3. The molecule has 5 rings (SSSR count). The SMILES string of the molecule is CCCCc1nc2c(NC(C)(C)C)nc3ccccc3c2n1Cc1ccc(CNCCC2CCCC2)cc1. The molecule has 0 bridgehead atoms. The second-order valence-corrected chi connectivity index (χ2v) is 12.2. The van der Waals surface area contributed by atoms with Crippen molar-refractivity contribution >= 4 is 27.8 Å². The van der Waals surface area contributed by atoms with Gasteiger partial charge in [-0.1, -0.05) is 81.5 Å². The number of rotatable bonds is 11. The first-order valence-corrected chi connectivity index (χ1v) is 14.8. The van der Waals surface area contributed by atoms with E-state index in [1.165, 1.54) is 54.1 Å². The Kier molecular flexibility index (Phi) is 8.32. The third-order valence-electron chi connectivity index (χ3n) is 7.81. The number of hydrogen-bond donors (Lipinski definition) is 2. The summed E-state index contributed by atoms with van der Waals surface area (Å²) in [5.41, 5.74) is 5.74. The number of fused-ring (bicyclic) bond motifs is 3. The predicted octanol–water partition coefficient (Wildman–Crippen LogP) is 7.86. The van der Waals surface area contributed by atoms with Crippen LogP contribution in [0.15, 0.2) is 48.5 Å². The van der Waals surface area contributed by atoms with Gasteiger partial charge in [0.05, 0.1) is 11.0 Å². The molecule has 4 aromatic rings. The molecule has 2 heterocycles. The summed E-state index contributed by atoms with van der Waals surface area (Å²) in [6, 6.07) is 17.6. The lowest BCUT2D eigenvalue weighted by Gasteiger charge is -2.22. The topological polar surface area (TPSA) is 54.8 Å². The van der Waals surface area contributed by atoms with Crippen LogP contribution in [-0.2, 0) is 19.5 Å². The van der Waals surface area contributed by atoms with Crippen molar-refractivity contribution in [1.29, 1.82) is 0 Å². The number of unbranched alkanes of at least 4 members (excludes halogenated alkanes) is 1.